The number of ether oxygens (including phenoxy) is 2. The van der Waals surface area contributed by atoms with Gasteiger partial charge in [0.25, 0.3) is 0 Å². The van der Waals surface area contributed by atoms with E-state index in [-0.39, 0.29) is 34.1 Å². The molecule has 3 aromatic carbocycles. The predicted octanol–water partition coefficient (Wildman–Crippen LogP) is 3.65. The Morgan fingerprint density at radius 2 is 1.59 bits per heavy atom. The third-order valence-electron chi connectivity index (χ3n) is 5.59. The number of carbonyl (C=O) groups excluding carboxylic acids is 2. The number of fused-ring (bicyclic) bond motifs is 3. The molecule has 0 saturated heterocycles. The Balaban J connectivity index is 1.42. The third-order valence-corrected chi connectivity index (χ3v) is 8.07. The van der Waals surface area contributed by atoms with Crippen molar-refractivity contribution in [1.29, 1.82) is 0 Å². The van der Waals surface area contributed by atoms with Crippen LogP contribution in [0.15, 0.2) is 85.5 Å². The van der Waals surface area contributed by atoms with E-state index >= 15 is 0 Å². The average Bonchev–Trinajstić information content (AvgIpc) is 3.18. The van der Waals surface area contributed by atoms with Crippen molar-refractivity contribution < 1.29 is 19.1 Å². The molecular formula is C27H26N2O4Se. The molecule has 1 aliphatic rings. The van der Waals surface area contributed by atoms with Gasteiger partial charge in [0, 0.05) is 0 Å². The molecule has 0 aromatic heterocycles. The van der Waals surface area contributed by atoms with Gasteiger partial charge in [-0.3, -0.25) is 0 Å². The zero-order valence-corrected chi connectivity index (χ0v) is 20.3. The average molecular weight is 521 g/mol. The van der Waals surface area contributed by atoms with E-state index in [9.17, 15) is 9.59 Å². The molecule has 4 rings (SSSR count). The summed E-state index contributed by atoms with van der Waals surface area (Å²) in [5.74, 6) is -0.581. The zero-order valence-electron chi connectivity index (χ0n) is 18.6. The van der Waals surface area contributed by atoms with Crippen LogP contribution in [0.3, 0.4) is 0 Å². The molecule has 174 valence electrons. The van der Waals surface area contributed by atoms with Crippen molar-refractivity contribution in [1.82, 2.24) is 5.32 Å². The maximum absolute atomic E-state index is 12.7. The number of carbonyl (C=O) groups is 2. The second kappa shape index (κ2) is 11.1. The van der Waals surface area contributed by atoms with Gasteiger partial charge in [0.1, 0.15) is 0 Å². The summed E-state index contributed by atoms with van der Waals surface area (Å²) in [6.07, 6.45) is 0.835. The molecule has 0 spiro atoms. The van der Waals surface area contributed by atoms with Crippen molar-refractivity contribution in [3.05, 3.63) is 96.6 Å². The van der Waals surface area contributed by atoms with E-state index in [2.05, 4.69) is 36.2 Å². The van der Waals surface area contributed by atoms with Crippen LogP contribution in [0.2, 0.25) is 5.32 Å². The van der Waals surface area contributed by atoms with E-state index < -0.39 is 18.1 Å². The van der Waals surface area contributed by atoms with Crippen LogP contribution in [0.5, 0.6) is 0 Å². The standard InChI is InChI=1S/C27H26N2O4Se/c1-2-15-32-26(30)24(17-34-25-14-8-7-13-23(25)28)29-27(31)33-16-22-20-11-5-3-9-18(20)19-10-4-6-12-21(19)22/h2-14,22,24H,1,15-17,28H2,(H,29,31)/t24-/m0/s1. The van der Waals surface area contributed by atoms with Gasteiger partial charge >= 0.3 is 205 Å². The molecule has 1 aliphatic carbocycles. The molecule has 0 radical (unpaired) electrons. The number of amides is 1. The van der Waals surface area contributed by atoms with Crippen molar-refractivity contribution in [3.63, 3.8) is 0 Å². The van der Waals surface area contributed by atoms with E-state index in [0.717, 1.165) is 26.7 Å². The van der Waals surface area contributed by atoms with Crippen molar-refractivity contribution in [2.75, 3.05) is 18.9 Å². The number of para-hydroxylation sites is 1. The molecule has 1 amide bonds. The van der Waals surface area contributed by atoms with Crippen LogP contribution < -0.4 is 15.5 Å². The van der Waals surface area contributed by atoms with Crippen LogP contribution in [0.1, 0.15) is 17.0 Å². The topological polar surface area (TPSA) is 90.6 Å². The SMILES string of the molecule is C=CCOC(=O)[C@H](C[Se]c1ccccc1N)NC(=O)OCC1c2ccccc2-c2ccccc21. The molecule has 0 heterocycles. The second-order valence-electron chi connectivity index (χ2n) is 7.79. The summed E-state index contributed by atoms with van der Waals surface area (Å²) in [7, 11) is 0. The fourth-order valence-electron chi connectivity index (χ4n) is 3.98. The van der Waals surface area contributed by atoms with Crippen LogP contribution in [-0.2, 0) is 14.3 Å². The van der Waals surface area contributed by atoms with Gasteiger partial charge in [0.05, 0.1) is 0 Å². The monoisotopic (exact) mass is 522 g/mol. The third kappa shape index (κ3) is 5.33. The summed E-state index contributed by atoms with van der Waals surface area (Å²) >= 11 is -0.139. The predicted molar refractivity (Wildman–Crippen MR) is 134 cm³/mol. The maximum atomic E-state index is 12.7. The molecule has 0 fully saturated rings. The van der Waals surface area contributed by atoms with Gasteiger partial charge in [-0.1, -0.05) is 0 Å². The number of benzene rings is 3. The first kappa shape index (κ1) is 23.6. The van der Waals surface area contributed by atoms with E-state index in [1.165, 1.54) is 6.08 Å². The number of alkyl carbamates (subject to hydrolysis) is 1. The van der Waals surface area contributed by atoms with E-state index in [0.29, 0.717) is 11.0 Å². The number of nitrogens with one attached hydrogen (secondary N) is 1. The van der Waals surface area contributed by atoms with Crippen LogP contribution in [-0.4, -0.2) is 46.3 Å². The summed E-state index contributed by atoms with van der Waals surface area (Å²) in [4.78, 5) is 25.3. The number of nitrogens with two attached hydrogens (primary N) is 1. The summed E-state index contributed by atoms with van der Waals surface area (Å²) in [5.41, 5.74) is 11.3. The fourth-order valence-corrected chi connectivity index (χ4v) is 6.02. The van der Waals surface area contributed by atoms with Gasteiger partial charge in [-0.15, -0.1) is 0 Å². The van der Waals surface area contributed by atoms with Gasteiger partial charge in [-0.05, 0) is 0 Å². The minimum atomic E-state index is -0.838. The molecule has 6 nitrogen and oxygen atoms in total. The summed E-state index contributed by atoms with van der Waals surface area (Å²) in [5, 5.41) is 3.08. The molecule has 0 aliphatic heterocycles. The number of esters is 1. The Bertz CT molecular complexity index is 1150. The minimum absolute atomic E-state index is 0.0577. The molecule has 3 N–H and O–H groups in total. The quantitative estimate of drug-likeness (QED) is 0.194. The van der Waals surface area contributed by atoms with Gasteiger partial charge in [0.2, 0.25) is 0 Å². The fraction of sp³-hybridized carbons (Fsp3) is 0.185. The first-order chi connectivity index (χ1) is 16.6. The molecule has 0 bridgehead atoms. The zero-order chi connectivity index (χ0) is 23.9. The van der Waals surface area contributed by atoms with Crippen LogP contribution in [0.4, 0.5) is 10.5 Å². The molecule has 0 saturated carbocycles. The Morgan fingerprint density at radius 1 is 0.971 bits per heavy atom. The Kier molecular flexibility index (Phi) is 7.68. The van der Waals surface area contributed by atoms with Gasteiger partial charge in [-0.2, -0.15) is 0 Å². The van der Waals surface area contributed by atoms with Crippen LogP contribution >= 0.6 is 0 Å². The summed E-state index contributed by atoms with van der Waals surface area (Å²) < 4.78 is 11.8. The number of hydrogen-bond acceptors (Lipinski definition) is 5. The normalized spacial score (nSPS) is 12.8. The first-order valence-corrected chi connectivity index (χ1v) is 13.0. The van der Waals surface area contributed by atoms with Crippen molar-refractivity contribution >= 4 is 37.2 Å². The van der Waals surface area contributed by atoms with Gasteiger partial charge in [-0.25, -0.2) is 0 Å². The van der Waals surface area contributed by atoms with Gasteiger partial charge < -0.3 is 0 Å². The Labute approximate surface area is 205 Å². The van der Waals surface area contributed by atoms with E-state index in [1.807, 2.05) is 48.5 Å². The molecule has 0 unspecified atom stereocenters. The Morgan fingerprint density at radius 3 is 2.24 bits per heavy atom. The summed E-state index contributed by atoms with van der Waals surface area (Å²) in [6, 6.07) is 22.9. The van der Waals surface area contributed by atoms with Crippen LogP contribution in [0.25, 0.3) is 11.1 Å². The van der Waals surface area contributed by atoms with Gasteiger partial charge in [0.15, 0.2) is 0 Å². The van der Waals surface area contributed by atoms with Crippen LogP contribution in [0, 0.1) is 0 Å². The van der Waals surface area contributed by atoms with Crippen molar-refractivity contribution in [3.8, 4) is 11.1 Å². The number of anilines is 1. The summed E-state index contributed by atoms with van der Waals surface area (Å²) in [6.45, 7) is 3.81. The molecule has 34 heavy (non-hydrogen) atoms. The molecule has 7 heteroatoms. The molecular weight excluding hydrogens is 495 g/mol. The molecule has 3 aromatic rings. The second-order valence-corrected chi connectivity index (χ2v) is 10.0. The molecule has 1 atom stereocenters. The van der Waals surface area contributed by atoms with Crippen molar-refractivity contribution in [2.45, 2.75) is 17.3 Å². The number of nitrogen functional groups attached to an aromatic ring is 1. The van der Waals surface area contributed by atoms with E-state index in [1.54, 1.807) is 0 Å². The Hall–Kier alpha value is -3.54. The van der Waals surface area contributed by atoms with E-state index in [4.69, 9.17) is 15.2 Å². The number of rotatable bonds is 9. The first-order valence-electron chi connectivity index (χ1n) is 10.9. The number of hydrogen-bond donors (Lipinski definition) is 2. The van der Waals surface area contributed by atoms with Crippen molar-refractivity contribution in [2.24, 2.45) is 0 Å².